The second-order valence-corrected chi connectivity index (χ2v) is 15.7. The molecule has 0 spiro atoms. The molecular weight excluding hydrogens is 685 g/mol. The van der Waals surface area contributed by atoms with Gasteiger partial charge in [0, 0.05) is 42.3 Å². The van der Waals surface area contributed by atoms with E-state index in [0.717, 1.165) is 28.1 Å². The molecule has 10 aromatic rings. The van der Waals surface area contributed by atoms with Gasteiger partial charge in [0.25, 0.3) is 0 Å². The number of hydrogen-bond acceptors (Lipinski definition) is 3. The van der Waals surface area contributed by atoms with Gasteiger partial charge in [0.05, 0.1) is 11.4 Å². The van der Waals surface area contributed by atoms with Crippen LogP contribution in [0.25, 0.3) is 87.1 Å². The summed E-state index contributed by atoms with van der Waals surface area (Å²) in [6, 6.07) is 67.9. The Hall–Kier alpha value is -6.68. The van der Waals surface area contributed by atoms with Crippen molar-refractivity contribution < 1.29 is 0 Å². The van der Waals surface area contributed by atoms with Gasteiger partial charge in [-0.2, -0.15) is 0 Å². The molecule has 0 N–H and O–H groups in total. The first-order valence-corrected chi connectivity index (χ1v) is 19.6. The third-order valence-corrected chi connectivity index (χ3v) is 12.7. The Morgan fingerprint density at radius 1 is 0.418 bits per heavy atom. The van der Waals surface area contributed by atoms with Crippen LogP contribution in [0, 0.1) is 0 Å². The van der Waals surface area contributed by atoms with Gasteiger partial charge in [-0.05, 0) is 80.9 Å². The number of aromatic nitrogens is 2. The molecule has 1 unspecified atom stereocenters. The van der Waals surface area contributed by atoms with Crippen LogP contribution in [0.2, 0.25) is 0 Å². The molecule has 1 atom stereocenters. The zero-order valence-electron chi connectivity index (χ0n) is 30.2. The fraction of sp³-hybridized carbons (Fsp3) is 0.0385. The molecule has 0 aliphatic heterocycles. The topological polar surface area (TPSA) is 25.8 Å². The highest BCUT2D eigenvalue weighted by molar-refractivity contribution is 7.26. The zero-order valence-corrected chi connectivity index (χ0v) is 31.0. The summed E-state index contributed by atoms with van der Waals surface area (Å²) in [6.07, 6.45) is 0. The molecule has 0 radical (unpaired) electrons. The van der Waals surface area contributed by atoms with Crippen LogP contribution in [0.1, 0.15) is 23.6 Å². The van der Waals surface area contributed by atoms with Gasteiger partial charge < -0.3 is 0 Å². The van der Waals surface area contributed by atoms with Crippen LogP contribution in [-0.2, 0) is 5.41 Å². The van der Waals surface area contributed by atoms with Crippen molar-refractivity contribution in [2.24, 2.45) is 0 Å². The molecule has 2 aromatic heterocycles. The predicted octanol–water partition coefficient (Wildman–Crippen LogP) is 14.0. The van der Waals surface area contributed by atoms with Crippen molar-refractivity contribution in [1.29, 1.82) is 0 Å². The van der Waals surface area contributed by atoms with E-state index in [1.807, 2.05) is 17.4 Å². The third kappa shape index (κ3) is 4.94. The molecule has 1 aliphatic rings. The van der Waals surface area contributed by atoms with E-state index >= 15 is 0 Å². The van der Waals surface area contributed by atoms with Gasteiger partial charge >= 0.3 is 0 Å². The fourth-order valence-corrected chi connectivity index (χ4v) is 10.1. The lowest BCUT2D eigenvalue weighted by atomic mass is 9.74. The minimum absolute atomic E-state index is 0.298. The van der Waals surface area contributed by atoms with Crippen LogP contribution in [0.3, 0.4) is 0 Å². The molecule has 0 saturated heterocycles. The van der Waals surface area contributed by atoms with E-state index in [1.165, 1.54) is 69.9 Å². The molecule has 0 saturated carbocycles. The number of benzene rings is 8. The molecule has 8 aromatic carbocycles. The SMILES string of the molecule is CC1(c2ccccc2)c2ccccc2-c2c(-c3cc(-c4cccc(-c5cc6sc7ccccc7c6c6ccccc56)c4)nc(-c4ccccc4)n3)cccc21. The van der Waals surface area contributed by atoms with Gasteiger partial charge in [-0.15, -0.1) is 11.3 Å². The second-order valence-electron chi connectivity index (χ2n) is 14.6. The van der Waals surface area contributed by atoms with Gasteiger partial charge in [0.2, 0.25) is 0 Å². The lowest BCUT2D eigenvalue weighted by Gasteiger charge is -2.28. The van der Waals surface area contributed by atoms with Crippen molar-refractivity contribution in [3.8, 4) is 56.2 Å². The Morgan fingerprint density at radius 3 is 1.89 bits per heavy atom. The molecule has 0 amide bonds. The number of thiophene rings is 1. The normalized spacial score (nSPS) is 14.7. The molecular formula is C52H34N2S. The van der Waals surface area contributed by atoms with Crippen molar-refractivity contribution in [2.75, 3.05) is 0 Å². The van der Waals surface area contributed by atoms with Crippen molar-refractivity contribution in [2.45, 2.75) is 12.3 Å². The molecule has 2 nitrogen and oxygen atoms in total. The summed E-state index contributed by atoms with van der Waals surface area (Å²) in [6.45, 7) is 2.36. The Kier molecular flexibility index (Phi) is 7.20. The lowest BCUT2D eigenvalue weighted by molar-refractivity contribution is 0.714. The minimum atomic E-state index is -0.298. The van der Waals surface area contributed by atoms with Gasteiger partial charge in [-0.1, -0.05) is 164 Å². The highest BCUT2D eigenvalue weighted by atomic mass is 32.1. The monoisotopic (exact) mass is 718 g/mol. The van der Waals surface area contributed by atoms with E-state index in [4.69, 9.17) is 9.97 Å². The largest absolute Gasteiger partial charge is 0.228 e. The quantitative estimate of drug-likeness (QED) is 0.177. The van der Waals surface area contributed by atoms with Gasteiger partial charge in [0.15, 0.2) is 5.82 Å². The number of hydrogen-bond donors (Lipinski definition) is 0. The Morgan fingerprint density at radius 2 is 1.04 bits per heavy atom. The molecule has 55 heavy (non-hydrogen) atoms. The number of rotatable bonds is 5. The smallest absolute Gasteiger partial charge is 0.160 e. The van der Waals surface area contributed by atoms with E-state index in [9.17, 15) is 0 Å². The van der Waals surface area contributed by atoms with Gasteiger partial charge in [0.1, 0.15) is 0 Å². The molecule has 11 rings (SSSR count). The van der Waals surface area contributed by atoms with E-state index in [1.54, 1.807) is 0 Å². The van der Waals surface area contributed by atoms with Crippen LogP contribution in [0.4, 0.5) is 0 Å². The average molecular weight is 719 g/mol. The third-order valence-electron chi connectivity index (χ3n) is 11.6. The van der Waals surface area contributed by atoms with Gasteiger partial charge in [-0.25, -0.2) is 9.97 Å². The summed E-state index contributed by atoms with van der Waals surface area (Å²) in [4.78, 5) is 10.6. The van der Waals surface area contributed by atoms with Crippen LogP contribution >= 0.6 is 11.3 Å². The molecule has 2 heterocycles. The Bertz CT molecular complexity index is 3110. The summed E-state index contributed by atoms with van der Waals surface area (Å²) in [5.74, 6) is 0.713. The first-order valence-electron chi connectivity index (χ1n) is 18.8. The van der Waals surface area contributed by atoms with E-state index in [0.29, 0.717) is 5.82 Å². The maximum Gasteiger partial charge on any atom is 0.160 e. The predicted molar refractivity (Wildman–Crippen MR) is 232 cm³/mol. The summed E-state index contributed by atoms with van der Waals surface area (Å²) < 4.78 is 2.62. The lowest BCUT2D eigenvalue weighted by Crippen LogP contribution is -2.22. The highest BCUT2D eigenvalue weighted by Gasteiger charge is 2.41. The number of nitrogens with zero attached hydrogens (tertiary/aromatic N) is 2. The van der Waals surface area contributed by atoms with Crippen molar-refractivity contribution in [3.63, 3.8) is 0 Å². The molecule has 0 bridgehead atoms. The average Bonchev–Trinajstić information content (AvgIpc) is 3.77. The van der Waals surface area contributed by atoms with Crippen LogP contribution in [0.15, 0.2) is 188 Å². The maximum absolute atomic E-state index is 5.34. The highest BCUT2D eigenvalue weighted by Crippen LogP contribution is 2.55. The summed E-state index contributed by atoms with van der Waals surface area (Å²) in [7, 11) is 0. The van der Waals surface area contributed by atoms with E-state index < -0.39 is 0 Å². The van der Waals surface area contributed by atoms with Gasteiger partial charge in [-0.3, -0.25) is 0 Å². The van der Waals surface area contributed by atoms with E-state index in [-0.39, 0.29) is 5.41 Å². The zero-order chi connectivity index (χ0) is 36.5. The molecule has 3 heteroatoms. The van der Waals surface area contributed by atoms with Crippen molar-refractivity contribution >= 4 is 42.3 Å². The summed E-state index contributed by atoms with van der Waals surface area (Å²) in [5, 5.41) is 5.20. The maximum atomic E-state index is 5.34. The summed E-state index contributed by atoms with van der Waals surface area (Å²) in [5.41, 5.74) is 13.5. The minimum Gasteiger partial charge on any atom is -0.228 e. The standard InChI is InChI=1S/C52H34N2S/c1-52(36-20-6-3-7-21-36)43-27-12-10-24-39(43)49-40(26-15-28-44(49)52)46-32-45(53-51(54-46)33-16-4-2-5-17-33)35-19-14-18-34(30-35)42-31-48-50(38-23-9-8-22-37(38)42)41-25-11-13-29-47(41)55-48/h2-32H,1H3. The molecule has 258 valence electrons. The second kappa shape index (κ2) is 12.4. The molecule has 0 fully saturated rings. The van der Waals surface area contributed by atoms with E-state index in [2.05, 4.69) is 189 Å². The molecule has 1 aliphatic carbocycles. The van der Waals surface area contributed by atoms with Crippen LogP contribution in [-0.4, -0.2) is 9.97 Å². The Labute approximate surface area is 324 Å². The number of fused-ring (bicyclic) bond motifs is 8. The summed E-state index contributed by atoms with van der Waals surface area (Å²) >= 11 is 1.87. The van der Waals surface area contributed by atoms with Crippen LogP contribution < -0.4 is 0 Å². The Balaban J connectivity index is 1.12. The first-order chi connectivity index (χ1) is 27.1. The van der Waals surface area contributed by atoms with Crippen molar-refractivity contribution in [1.82, 2.24) is 9.97 Å². The van der Waals surface area contributed by atoms with Crippen LogP contribution in [0.5, 0.6) is 0 Å². The van der Waals surface area contributed by atoms with Crippen molar-refractivity contribution in [3.05, 3.63) is 205 Å². The fourth-order valence-electron chi connectivity index (χ4n) is 8.96. The first kappa shape index (κ1) is 31.8.